The zero-order valence-electron chi connectivity index (χ0n) is 9.71. The Balaban J connectivity index is 2.30. The second kappa shape index (κ2) is 5.21. The first-order valence-corrected chi connectivity index (χ1v) is 6.92. The van der Waals surface area contributed by atoms with E-state index in [2.05, 4.69) is 15.5 Å². The molecule has 0 radical (unpaired) electrons. The summed E-state index contributed by atoms with van der Waals surface area (Å²) in [5.74, 6) is 0.357. The minimum Gasteiger partial charge on any atom is -0.396 e. The van der Waals surface area contributed by atoms with Gasteiger partial charge >= 0.3 is 0 Å². The lowest BCUT2D eigenvalue weighted by molar-refractivity contribution is 0.622. The van der Waals surface area contributed by atoms with Gasteiger partial charge < -0.3 is 5.73 Å². The fraction of sp³-hybridized carbons (Fsp3) is 0.300. The van der Waals surface area contributed by atoms with Crippen LogP contribution in [-0.4, -0.2) is 36.4 Å². The van der Waals surface area contributed by atoms with Crippen molar-refractivity contribution in [3.63, 3.8) is 0 Å². The van der Waals surface area contributed by atoms with Gasteiger partial charge in [-0.15, -0.1) is 5.10 Å². The maximum atomic E-state index is 13.4. The van der Waals surface area contributed by atoms with Crippen molar-refractivity contribution >= 4 is 16.5 Å². The van der Waals surface area contributed by atoms with E-state index in [9.17, 15) is 8.60 Å². The highest BCUT2D eigenvalue weighted by Crippen LogP contribution is 2.20. The lowest BCUT2D eigenvalue weighted by Crippen LogP contribution is -2.09. The largest absolute Gasteiger partial charge is 0.396 e. The normalized spacial score (nSPS) is 12.6. The third-order valence-electron chi connectivity index (χ3n) is 2.38. The summed E-state index contributed by atoms with van der Waals surface area (Å²) in [4.78, 5) is 0. The van der Waals surface area contributed by atoms with E-state index in [4.69, 9.17) is 5.73 Å². The molecule has 18 heavy (non-hydrogen) atoms. The number of anilines is 1. The molecule has 1 heterocycles. The Bertz CT molecular complexity index is 585. The maximum Gasteiger partial charge on any atom is 0.182 e. The molecule has 0 aliphatic rings. The van der Waals surface area contributed by atoms with E-state index in [0.717, 1.165) is 0 Å². The highest BCUT2D eigenvalue weighted by atomic mass is 32.2. The molecule has 0 aliphatic heterocycles. The first-order chi connectivity index (χ1) is 8.58. The lowest BCUT2D eigenvalue weighted by atomic mass is 10.2. The van der Waals surface area contributed by atoms with Crippen molar-refractivity contribution in [3.05, 3.63) is 24.0 Å². The Morgan fingerprint density at radius 1 is 1.50 bits per heavy atom. The minimum atomic E-state index is -0.933. The zero-order chi connectivity index (χ0) is 13.1. The standard InChI is InChI=1S/C10H12FN5OS/c1-18(17)5-4-16-10(13-14-15-16)7-2-3-9(12)8(11)6-7/h2-3,6H,4-5,12H2,1H3. The number of nitrogens with zero attached hydrogens (tertiary/aromatic N) is 4. The Labute approximate surface area is 105 Å². The summed E-state index contributed by atoms with van der Waals surface area (Å²) in [6.45, 7) is 0.414. The van der Waals surface area contributed by atoms with Gasteiger partial charge in [0.1, 0.15) is 5.82 Å². The quantitative estimate of drug-likeness (QED) is 0.814. The molecule has 1 aromatic carbocycles. The molecular weight excluding hydrogens is 257 g/mol. The Hall–Kier alpha value is -1.83. The molecule has 2 rings (SSSR count). The van der Waals surface area contributed by atoms with E-state index in [0.29, 0.717) is 23.7 Å². The molecule has 6 nitrogen and oxygen atoms in total. The van der Waals surface area contributed by atoms with E-state index in [-0.39, 0.29) is 5.69 Å². The summed E-state index contributed by atoms with van der Waals surface area (Å²) in [6, 6.07) is 4.38. The van der Waals surface area contributed by atoms with Crippen LogP contribution in [0, 0.1) is 5.82 Å². The van der Waals surface area contributed by atoms with Crippen molar-refractivity contribution in [2.24, 2.45) is 0 Å². The van der Waals surface area contributed by atoms with Crippen molar-refractivity contribution in [1.82, 2.24) is 20.2 Å². The van der Waals surface area contributed by atoms with Crippen LogP contribution in [0.2, 0.25) is 0 Å². The van der Waals surface area contributed by atoms with Gasteiger partial charge in [0, 0.05) is 28.4 Å². The molecule has 1 aromatic heterocycles. The number of nitrogen functional groups attached to an aromatic ring is 1. The molecule has 2 N–H and O–H groups in total. The predicted molar refractivity (Wildman–Crippen MR) is 66.6 cm³/mol. The van der Waals surface area contributed by atoms with Crippen molar-refractivity contribution in [1.29, 1.82) is 0 Å². The number of benzene rings is 1. The fourth-order valence-corrected chi connectivity index (χ4v) is 1.87. The average molecular weight is 269 g/mol. The number of rotatable bonds is 4. The fourth-order valence-electron chi connectivity index (χ4n) is 1.44. The van der Waals surface area contributed by atoms with E-state index >= 15 is 0 Å². The van der Waals surface area contributed by atoms with E-state index in [1.54, 1.807) is 12.3 Å². The summed E-state index contributed by atoms with van der Waals surface area (Å²) >= 11 is 0. The van der Waals surface area contributed by atoms with Gasteiger partial charge in [-0.1, -0.05) is 0 Å². The van der Waals surface area contributed by atoms with Crippen LogP contribution in [0.3, 0.4) is 0 Å². The second-order valence-corrected chi connectivity index (χ2v) is 5.29. The van der Waals surface area contributed by atoms with Crippen LogP contribution < -0.4 is 5.73 Å². The number of nitrogens with two attached hydrogens (primary N) is 1. The van der Waals surface area contributed by atoms with Crippen LogP contribution in [0.4, 0.5) is 10.1 Å². The summed E-state index contributed by atoms with van der Waals surface area (Å²) < 4.78 is 25.9. The van der Waals surface area contributed by atoms with Crippen LogP contribution in [0.5, 0.6) is 0 Å². The molecule has 1 unspecified atom stereocenters. The van der Waals surface area contributed by atoms with Gasteiger partial charge in [0.25, 0.3) is 0 Å². The molecule has 0 bridgehead atoms. The van der Waals surface area contributed by atoms with Gasteiger partial charge in [0.05, 0.1) is 12.2 Å². The van der Waals surface area contributed by atoms with Crippen LogP contribution >= 0.6 is 0 Å². The number of tetrazole rings is 1. The topological polar surface area (TPSA) is 86.7 Å². The molecule has 0 spiro atoms. The number of aryl methyl sites for hydroxylation is 1. The molecule has 1 atom stereocenters. The van der Waals surface area contributed by atoms with Crippen molar-refractivity contribution < 1.29 is 8.60 Å². The molecule has 0 aliphatic carbocycles. The Morgan fingerprint density at radius 3 is 2.94 bits per heavy atom. The van der Waals surface area contributed by atoms with Crippen molar-refractivity contribution in [3.8, 4) is 11.4 Å². The van der Waals surface area contributed by atoms with Crippen LogP contribution in [0.25, 0.3) is 11.4 Å². The minimum absolute atomic E-state index is 0.0763. The molecule has 0 amide bonds. The van der Waals surface area contributed by atoms with Gasteiger partial charge in [0.15, 0.2) is 5.82 Å². The number of halogens is 1. The monoisotopic (exact) mass is 269 g/mol. The Morgan fingerprint density at radius 2 is 2.28 bits per heavy atom. The summed E-state index contributed by atoms with van der Waals surface area (Å²) in [5.41, 5.74) is 6.02. The van der Waals surface area contributed by atoms with E-state index in [1.807, 2.05) is 0 Å². The molecule has 0 fully saturated rings. The summed E-state index contributed by atoms with van der Waals surface area (Å²) in [5, 5.41) is 11.2. The molecule has 96 valence electrons. The number of hydrogen-bond acceptors (Lipinski definition) is 5. The van der Waals surface area contributed by atoms with Gasteiger partial charge in [-0.3, -0.25) is 4.21 Å². The van der Waals surface area contributed by atoms with E-state index in [1.165, 1.54) is 16.8 Å². The van der Waals surface area contributed by atoms with Crippen LogP contribution in [0.1, 0.15) is 0 Å². The van der Waals surface area contributed by atoms with Crippen molar-refractivity contribution in [2.75, 3.05) is 17.7 Å². The summed E-state index contributed by atoms with van der Waals surface area (Å²) in [6.07, 6.45) is 1.60. The Kier molecular flexibility index (Phi) is 3.66. The highest BCUT2D eigenvalue weighted by molar-refractivity contribution is 7.84. The van der Waals surface area contributed by atoms with Gasteiger partial charge in [-0.2, -0.15) is 0 Å². The first-order valence-electron chi connectivity index (χ1n) is 5.19. The third kappa shape index (κ3) is 2.70. The molecule has 2 aromatic rings. The predicted octanol–water partition coefficient (Wildman–Crippen LogP) is 0.440. The second-order valence-electron chi connectivity index (χ2n) is 3.74. The van der Waals surface area contributed by atoms with E-state index < -0.39 is 16.6 Å². The molecule has 0 saturated carbocycles. The number of hydrogen-bond donors (Lipinski definition) is 1. The van der Waals surface area contributed by atoms with Crippen LogP contribution in [0.15, 0.2) is 18.2 Å². The highest BCUT2D eigenvalue weighted by Gasteiger charge is 2.11. The zero-order valence-corrected chi connectivity index (χ0v) is 10.5. The van der Waals surface area contributed by atoms with Crippen molar-refractivity contribution in [2.45, 2.75) is 6.54 Å². The van der Waals surface area contributed by atoms with Crippen LogP contribution in [-0.2, 0) is 17.3 Å². The summed E-state index contributed by atoms with van der Waals surface area (Å²) in [7, 11) is -0.933. The molecule has 8 heteroatoms. The third-order valence-corrected chi connectivity index (χ3v) is 3.14. The average Bonchev–Trinajstić information content (AvgIpc) is 2.78. The molecule has 0 saturated heterocycles. The first kappa shape index (κ1) is 12.6. The lowest BCUT2D eigenvalue weighted by Gasteiger charge is -2.04. The SMILES string of the molecule is CS(=O)CCn1nnnc1-c1ccc(N)c(F)c1. The number of aromatic nitrogens is 4. The maximum absolute atomic E-state index is 13.4. The van der Waals surface area contributed by atoms with Gasteiger partial charge in [-0.25, -0.2) is 9.07 Å². The van der Waals surface area contributed by atoms with Gasteiger partial charge in [-0.05, 0) is 28.6 Å². The van der Waals surface area contributed by atoms with Gasteiger partial charge in [0.2, 0.25) is 0 Å². The molecular formula is C10H12FN5OS. The smallest absolute Gasteiger partial charge is 0.182 e.